The van der Waals surface area contributed by atoms with Crippen molar-refractivity contribution in [2.24, 2.45) is 0 Å². The molecule has 2 aromatic carbocycles. The zero-order chi connectivity index (χ0) is 32.2. The standard InChI is InChI=1S/C16H23NO3.C15H23NO2.C4H8O/c1-5-17(11-16(19)20-4)10-14(18)9-15-12(2)7-6-8-13(15)3;1-4-16(8-9-17)11-14(18)10-15-12(2)6-5-7-13(15)3;1-2-4-5-3-1/h6-8H,5,9-11H2,1-4H3;5-7,17H,4,8-11H2,1-3H3;1-4H2. The van der Waals surface area contributed by atoms with E-state index in [0.29, 0.717) is 32.5 Å². The Morgan fingerprint density at radius 3 is 1.49 bits per heavy atom. The van der Waals surface area contributed by atoms with E-state index < -0.39 is 0 Å². The molecule has 0 aliphatic carbocycles. The molecule has 1 saturated heterocycles. The topological polar surface area (TPSA) is 96.4 Å². The van der Waals surface area contributed by atoms with Crippen molar-refractivity contribution in [1.29, 1.82) is 0 Å². The Hall–Kier alpha value is -2.91. The SMILES string of the molecule is C1CCOC1.CCN(CC(=O)Cc1c(C)cccc1C)CC(=O)OC.CCN(CCO)CC(=O)Cc1c(C)cccc1C. The lowest BCUT2D eigenvalue weighted by molar-refractivity contribution is -0.142. The Bertz CT molecular complexity index is 1080. The number of rotatable bonds is 14. The average molecular weight is 599 g/mol. The van der Waals surface area contributed by atoms with E-state index in [1.54, 1.807) is 4.90 Å². The molecule has 240 valence electrons. The molecule has 43 heavy (non-hydrogen) atoms. The largest absolute Gasteiger partial charge is 0.468 e. The highest BCUT2D eigenvalue weighted by Crippen LogP contribution is 2.15. The molecule has 0 amide bonds. The molecular weight excluding hydrogens is 544 g/mol. The van der Waals surface area contributed by atoms with E-state index in [0.717, 1.165) is 42.0 Å². The maximum absolute atomic E-state index is 12.2. The fraction of sp³-hybridized carbons (Fsp3) is 0.571. The second kappa shape index (κ2) is 21.7. The maximum Gasteiger partial charge on any atom is 0.319 e. The van der Waals surface area contributed by atoms with Gasteiger partial charge in [0.25, 0.3) is 0 Å². The van der Waals surface area contributed by atoms with Gasteiger partial charge in [0.1, 0.15) is 0 Å². The third-order valence-corrected chi connectivity index (χ3v) is 7.56. The molecule has 0 unspecified atom stereocenters. The highest BCUT2D eigenvalue weighted by molar-refractivity contribution is 5.84. The molecule has 0 spiro atoms. The summed E-state index contributed by atoms with van der Waals surface area (Å²) in [6, 6.07) is 12.1. The van der Waals surface area contributed by atoms with Crippen LogP contribution in [0.25, 0.3) is 0 Å². The summed E-state index contributed by atoms with van der Waals surface area (Å²) < 4.78 is 9.57. The van der Waals surface area contributed by atoms with E-state index in [4.69, 9.17) is 9.84 Å². The van der Waals surface area contributed by atoms with Gasteiger partial charge in [-0.25, -0.2) is 0 Å². The summed E-state index contributed by atoms with van der Waals surface area (Å²) >= 11 is 0. The molecule has 1 N–H and O–H groups in total. The summed E-state index contributed by atoms with van der Waals surface area (Å²) in [5.74, 6) is 0.0163. The van der Waals surface area contributed by atoms with Crippen molar-refractivity contribution in [1.82, 2.24) is 9.80 Å². The molecule has 2 aromatic rings. The highest BCUT2D eigenvalue weighted by atomic mass is 16.5. The quantitative estimate of drug-likeness (QED) is 0.319. The molecular formula is C35H54N2O6. The van der Waals surface area contributed by atoms with Crippen LogP contribution >= 0.6 is 0 Å². The number of ketones is 2. The smallest absolute Gasteiger partial charge is 0.319 e. The maximum atomic E-state index is 12.2. The van der Waals surface area contributed by atoms with Gasteiger partial charge in [0.05, 0.1) is 33.4 Å². The lowest BCUT2D eigenvalue weighted by Gasteiger charge is -2.18. The van der Waals surface area contributed by atoms with E-state index in [1.807, 2.05) is 82.8 Å². The molecule has 1 aliphatic rings. The Labute approximate surface area is 259 Å². The molecule has 8 heteroatoms. The van der Waals surface area contributed by atoms with Crippen molar-refractivity contribution in [3.8, 4) is 0 Å². The van der Waals surface area contributed by atoms with E-state index in [1.165, 1.54) is 31.1 Å². The number of aliphatic hydroxyl groups excluding tert-OH is 1. The van der Waals surface area contributed by atoms with Gasteiger partial charge in [-0.05, 0) is 87.0 Å². The predicted octanol–water partition coefficient (Wildman–Crippen LogP) is 4.44. The summed E-state index contributed by atoms with van der Waals surface area (Å²) in [4.78, 5) is 39.2. The molecule has 3 rings (SSSR count). The van der Waals surface area contributed by atoms with Gasteiger partial charge in [0.15, 0.2) is 11.6 Å². The average Bonchev–Trinajstić information content (AvgIpc) is 3.57. The molecule has 0 radical (unpaired) electrons. The van der Waals surface area contributed by atoms with Crippen molar-refractivity contribution in [2.75, 3.05) is 66.2 Å². The van der Waals surface area contributed by atoms with Crippen LogP contribution in [0.3, 0.4) is 0 Å². The van der Waals surface area contributed by atoms with Crippen molar-refractivity contribution in [2.45, 2.75) is 67.2 Å². The molecule has 1 aliphatic heterocycles. The number of benzene rings is 2. The third kappa shape index (κ3) is 15.4. The zero-order valence-corrected chi connectivity index (χ0v) is 27.5. The number of carbonyl (C=O) groups excluding carboxylic acids is 3. The second-order valence-corrected chi connectivity index (χ2v) is 11.0. The number of Topliss-reactive ketones (excluding diaryl/α,β-unsaturated/α-hetero) is 2. The minimum absolute atomic E-state index is 0.102. The summed E-state index contributed by atoms with van der Waals surface area (Å²) in [6.07, 6.45) is 3.45. The molecule has 0 atom stereocenters. The van der Waals surface area contributed by atoms with Crippen LogP contribution < -0.4 is 0 Å². The van der Waals surface area contributed by atoms with Crippen molar-refractivity contribution in [3.63, 3.8) is 0 Å². The van der Waals surface area contributed by atoms with Gasteiger partial charge in [0.2, 0.25) is 0 Å². The summed E-state index contributed by atoms with van der Waals surface area (Å²) in [5.41, 5.74) is 6.85. The molecule has 0 saturated carbocycles. The third-order valence-electron chi connectivity index (χ3n) is 7.56. The summed E-state index contributed by atoms with van der Waals surface area (Å²) in [5, 5.41) is 8.91. The number of aryl methyl sites for hydroxylation is 4. The van der Waals surface area contributed by atoms with Gasteiger partial charge in [-0.3, -0.25) is 24.2 Å². The Balaban J connectivity index is 0.000000370. The van der Waals surface area contributed by atoms with Crippen LogP contribution in [0.5, 0.6) is 0 Å². The first-order valence-electron chi connectivity index (χ1n) is 15.4. The van der Waals surface area contributed by atoms with Crippen LogP contribution in [-0.2, 0) is 36.7 Å². The molecule has 0 bridgehead atoms. The summed E-state index contributed by atoms with van der Waals surface area (Å²) in [6.45, 7) is 17.0. The monoisotopic (exact) mass is 598 g/mol. The number of esters is 1. The number of methoxy groups -OCH3 is 1. The van der Waals surface area contributed by atoms with Gasteiger partial charge < -0.3 is 14.6 Å². The lowest BCUT2D eigenvalue weighted by Crippen LogP contribution is -2.35. The van der Waals surface area contributed by atoms with Crippen LogP contribution in [0.4, 0.5) is 0 Å². The van der Waals surface area contributed by atoms with Crippen molar-refractivity contribution in [3.05, 3.63) is 69.8 Å². The Morgan fingerprint density at radius 2 is 1.16 bits per heavy atom. The molecule has 1 heterocycles. The van der Waals surface area contributed by atoms with Gasteiger partial charge in [-0.15, -0.1) is 0 Å². The van der Waals surface area contributed by atoms with Crippen LogP contribution in [0.2, 0.25) is 0 Å². The minimum atomic E-state index is -0.313. The van der Waals surface area contributed by atoms with Gasteiger partial charge in [-0.2, -0.15) is 0 Å². The van der Waals surface area contributed by atoms with Crippen LogP contribution in [0, 0.1) is 27.7 Å². The number of hydrogen-bond donors (Lipinski definition) is 1. The van der Waals surface area contributed by atoms with Crippen molar-refractivity contribution < 1.29 is 29.0 Å². The Morgan fingerprint density at radius 1 is 0.744 bits per heavy atom. The van der Waals surface area contributed by atoms with Crippen LogP contribution in [-0.4, -0.2) is 98.6 Å². The number of carbonyl (C=O) groups is 3. The number of aliphatic hydroxyl groups is 1. The van der Waals surface area contributed by atoms with Crippen LogP contribution in [0.15, 0.2) is 36.4 Å². The van der Waals surface area contributed by atoms with E-state index in [-0.39, 0.29) is 37.2 Å². The van der Waals surface area contributed by atoms with E-state index in [2.05, 4.69) is 4.74 Å². The molecule has 1 fully saturated rings. The first-order chi connectivity index (χ1) is 20.6. The fourth-order valence-electron chi connectivity index (χ4n) is 4.79. The van der Waals surface area contributed by atoms with Gasteiger partial charge in [-0.1, -0.05) is 50.2 Å². The molecule has 8 nitrogen and oxygen atoms in total. The molecule has 0 aromatic heterocycles. The fourth-order valence-corrected chi connectivity index (χ4v) is 4.79. The predicted molar refractivity (Wildman–Crippen MR) is 173 cm³/mol. The summed E-state index contributed by atoms with van der Waals surface area (Å²) in [7, 11) is 1.36. The normalized spacial score (nSPS) is 12.3. The van der Waals surface area contributed by atoms with E-state index in [9.17, 15) is 14.4 Å². The number of hydrogen-bond acceptors (Lipinski definition) is 8. The van der Waals surface area contributed by atoms with Gasteiger partial charge >= 0.3 is 5.97 Å². The first-order valence-corrected chi connectivity index (χ1v) is 15.4. The number of ether oxygens (including phenoxy) is 2. The first kappa shape index (κ1) is 38.1. The zero-order valence-electron chi connectivity index (χ0n) is 27.5. The highest BCUT2D eigenvalue weighted by Gasteiger charge is 2.15. The number of likely N-dealkylation sites (N-methyl/N-ethyl adjacent to an activating group) is 2. The number of nitrogens with zero attached hydrogens (tertiary/aromatic N) is 2. The minimum Gasteiger partial charge on any atom is -0.468 e. The Kier molecular flexibility index (Phi) is 19.3. The van der Waals surface area contributed by atoms with Crippen LogP contribution in [0.1, 0.15) is 60.1 Å². The van der Waals surface area contributed by atoms with Gasteiger partial charge in [0, 0.05) is 32.6 Å². The van der Waals surface area contributed by atoms with Crippen molar-refractivity contribution >= 4 is 17.5 Å². The lowest BCUT2D eigenvalue weighted by atomic mass is 9.98. The second-order valence-electron chi connectivity index (χ2n) is 11.0. The van der Waals surface area contributed by atoms with E-state index >= 15 is 0 Å².